The van der Waals surface area contributed by atoms with E-state index in [0.717, 1.165) is 0 Å². The van der Waals surface area contributed by atoms with Gasteiger partial charge in [0.05, 0.1) is 0 Å². The molecule has 0 bridgehead atoms. The predicted molar refractivity (Wildman–Crippen MR) is 52.3 cm³/mol. The third kappa shape index (κ3) is 2.80. The summed E-state index contributed by atoms with van der Waals surface area (Å²) in [6.07, 6.45) is 1.43. The quantitative estimate of drug-likeness (QED) is 0.665. The summed E-state index contributed by atoms with van der Waals surface area (Å²) in [6, 6.07) is 0.593. The molecule has 1 aromatic heterocycles. The number of carbonyl (C=O) groups excluding carboxylic acids is 1. The predicted octanol–water partition coefficient (Wildman–Crippen LogP) is 0.249. The number of rotatable bonds is 4. The highest BCUT2D eigenvalue weighted by atomic mass is 16.4. The van der Waals surface area contributed by atoms with Crippen molar-refractivity contribution in [2.24, 2.45) is 5.92 Å². The molecule has 1 amide bonds. The van der Waals surface area contributed by atoms with Gasteiger partial charge in [-0.1, -0.05) is 13.8 Å². The first-order chi connectivity index (χ1) is 7.02. The van der Waals surface area contributed by atoms with Gasteiger partial charge in [0, 0.05) is 6.20 Å². The molecular formula is C9H13N3O3. The monoisotopic (exact) mass is 211 g/mol. The van der Waals surface area contributed by atoms with Crippen molar-refractivity contribution in [1.29, 1.82) is 0 Å². The van der Waals surface area contributed by atoms with Gasteiger partial charge in [-0.2, -0.15) is 5.10 Å². The van der Waals surface area contributed by atoms with Crippen LogP contribution in [0.15, 0.2) is 12.3 Å². The van der Waals surface area contributed by atoms with Crippen molar-refractivity contribution in [1.82, 2.24) is 15.5 Å². The maximum Gasteiger partial charge on any atom is 0.326 e. The zero-order valence-corrected chi connectivity index (χ0v) is 8.52. The van der Waals surface area contributed by atoms with Crippen LogP contribution in [-0.4, -0.2) is 33.2 Å². The first-order valence-electron chi connectivity index (χ1n) is 4.55. The van der Waals surface area contributed by atoms with Crippen molar-refractivity contribution in [2.45, 2.75) is 19.9 Å². The van der Waals surface area contributed by atoms with Gasteiger partial charge in [0.25, 0.3) is 5.91 Å². The highest BCUT2D eigenvalue weighted by Crippen LogP contribution is 2.03. The van der Waals surface area contributed by atoms with Gasteiger partial charge in [0.15, 0.2) is 0 Å². The van der Waals surface area contributed by atoms with Gasteiger partial charge < -0.3 is 10.4 Å². The van der Waals surface area contributed by atoms with E-state index in [0.29, 0.717) is 0 Å². The molecule has 0 aliphatic rings. The smallest absolute Gasteiger partial charge is 0.326 e. The van der Waals surface area contributed by atoms with E-state index < -0.39 is 17.9 Å². The first kappa shape index (κ1) is 11.2. The summed E-state index contributed by atoms with van der Waals surface area (Å²) in [5, 5.41) is 17.3. The van der Waals surface area contributed by atoms with Crippen LogP contribution in [0, 0.1) is 5.92 Å². The van der Waals surface area contributed by atoms with Crippen LogP contribution in [0.2, 0.25) is 0 Å². The van der Waals surface area contributed by atoms with Crippen molar-refractivity contribution in [2.75, 3.05) is 0 Å². The van der Waals surface area contributed by atoms with Crippen molar-refractivity contribution in [3.05, 3.63) is 18.0 Å². The third-order valence-electron chi connectivity index (χ3n) is 1.96. The molecule has 82 valence electrons. The minimum Gasteiger partial charge on any atom is -0.480 e. The Labute approximate surface area is 86.7 Å². The maximum absolute atomic E-state index is 11.5. The standard InChI is InChI=1S/C9H13N3O3/c1-5(2)7(9(14)15)11-8(13)6-3-4-10-12-6/h3-5,7H,1-2H3,(H,10,12)(H,11,13)(H,14,15)/t7-/m1/s1. The molecule has 3 N–H and O–H groups in total. The Hall–Kier alpha value is -1.85. The van der Waals surface area contributed by atoms with E-state index in [1.807, 2.05) is 0 Å². The van der Waals surface area contributed by atoms with Crippen LogP contribution >= 0.6 is 0 Å². The Morgan fingerprint density at radius 1 is 1.53 bits per heavy atom. The number of aliphatic carboxylic acids is 1. The number of nitrogens with one attached hydrogen (secondary N) is 2. The van der Waals surface area contributed by atoms with Crippen LogP contribution in [0.1, 0.15) is 24.3 Å². The molecule has 0 saturated carbocycles. The van der Waals surface area contributed by atoms with Gasteiger partial charge in [0.1, 0.15) is 11.7 Å². The highest BCUT2D eigenvalue weighted by molar-refractivity contribution is 5.94. The van der Waals surface area contributed by atoms with E-state index in [4.69, 9.17) is 5.11 Å². The van der Waals surface area contributed by atoms with Crippen LogP contribution < -0.4 is 5.32 Å². The lowest BCUT2D eigenvalue weighted by molar-refractivity contribution is -0.140. The Morgan fingerprint density at radius 2 is 2.20 bits per heavy atom. The van der Waals surface area contributed by atoms with Gasteiger partial charge in [-0.05, 0) is 12.0 Å². The summed E-state index contributed by atoms with van der Waals surface area (Å²) in [5.41, 5.74) is 0.252. The fourth-order valence-electron chi connectivity index (χ4n) is 1.11. The van der Waals surface area contributed by atoms with Gasteiger partial charge in [0.2, 0.25) is 0 Å². The van der Waals surface area contributed by atoms with E-state index in [2.05, 4.69) is 15.5 Å². The third-order valence-corrected chi connectivity index (χ3v) is 1.96. The molecule has 1 heterocycles. The molecule has 0 fully saturated rings. The SMILES string of the molecule is CC(C)[C@@H](NC(=O)c1ccn[nH]1)C(=O)O. The lowest BCUT2D eigenvalue weighted by atomic mass is 10.0. The fraction of sp³-hybridized carbons (Fsp3) is 0.444. The highest BCUT2D eigenvalue weighted by Gasteiger charge is 2.24. The number of hydrogen-bond acceptors (Lipinski definition) is 3. The van der Waals surface area contributed by atoms with Crippen molar-refractivity contribution >= 4 is 11.9 Å². The lowest BCUT2D eigenvalue weighted by Gasteiger charge is -2.17. The van der Waals surface area contributed by atoms with Crippen LogP contribution in [0.4, 0.5) is 0 Å². The van der Waals surface area contributed by atoms with Gasteiger partial charge in [-0.3, -0.25) is 9.89 Å². The summed E-state index contributed by atoms with van der Waals surface area (Å²) in [7, 11) is 0. The van der Waals surface area contributed by atoms with Crippen molar-refractivity contribution in [3.63, 3.8) is 0 Å². The van der Waals surface area contributed by atoms with Gasteiger partial charge in [-0.25, -0.2) is 4.79 Å². The Bertz CT molecular complexity index is 345. The minimum absolute atomic E-state index is 0.172. The average molecular weight is 211 g/mol. The Kier molecular flexibility index (Phi) is 3.43. The minimum atomic E-state index is -1.04. The summed E-state index contributed by atoms with van der Waals surface area (Å²) in [4.78, 5) is 22.3. The van der Waals surface area contributed by atoms with Crippen LogP contribution in [0.25, 0.3) is 0 Å². The summed E-state index contributed by atoms with van der Waals surface area (Å²) in [6.45, 7) is 3.46. The number of hydrogen-bond donors (Lipinski definition) is 3. The molecule has 6 heteroatoms. The van der Waals surface area contributed by atoms with Crippen molar-refractivity contribution in [3.8, 4) is 0 Å². The van der Waals surface area contributed by atoms with E-state index >= 15 is 0 Å². The number of aromatic nitrogens is 2. The number of aromatic amines is 1. The number of H-pyrrole nitrogens is 1. The van der Waals surface area contributed by atoms with E-state index in [1.54, 1.807) is 13.8 Å². The number of carbonyl (C=O) groups is 2. The first-order valence-corrected chi connectivity index (χ1v) is 4.55. The summed E-state index contributed by atoms with van der Waals surface area (Å²) >= 11 is 0. The molecular weight excluding hydrogens is 198 g/mol. The molecule has 15 heavy (non-hydrogen) atoms. The molecule has 6 nitrogen and oxygen atoms in total. The molecule has 0 unspecified atom stereocenters. The molecule has 1 atom stereocenters. The molecule has 0 aromatic carbocycles. The Morgan fingerprint density at radius 3 is 2.60 bits per heavy atom. The topological polar surface area (TPSA) is 95.1 Å². The zero-order chi connectivity index (χ0) is 11.4. The molecule has 0 saturated heterocycles. The van der Waals surface area contributed by atoms with Crippen LogP contribution in [0.3, 0.4) is 0 Å². The lowest BCUT2D eigenvalue weighted by Crippen LogP contribution is -2.44. The second-order valence-electron chi connectivity index (χ2n) is 3.50. The number of nitrogens with zero attached hydrogens (tertiary/aromatic N) is 1. The molecule has 0 aliphatic carbocycles. The second kappa shape index (κ2) is 4.59. The normalized spacial score (nSPS) is 12.5. The molecule has 0 spiro atoms. The van der Waals surface area contributed by atoms with E-state index in [1.165, 1.54) is 12.3 Å². The van der Waals surface area contributed by atoms with E-state index in [-0.39, 0.29) is 11.6 Å². The van der Waals surface area contributed by atoms with Crippen LogP contribution in [-0.2, 0) is 4.79 Å². The summed E-state index contributed by atoms with van der Waals surface area (Å²) in [5.74, 6) is -1.68. The number of carboxylic acid groups (broad SMARTS) is 1. The second-order valence-corrected chi connectivity index (χ2v) is 3.50. The summed E-state index contributed by atoms with van der Waals surface area (Å²) < 4.78 is 0. The maximum atomic E-state index is 11.5. The average Bonchev–Trinajstić information content (AvgIpc) is 2.65. The number of amides is 1. The van der Waals surface area contributed by atoms with Gasteiger partial charge in [-0.15, -0.1) is 0 Å². The molecule has 1 aromatic rings. The molecule has 1 rings (SSSR count). The fourth-order valence-corrected chi connectivity index (χ4v) is 1.11. The Balaban J connectivity index is 2.67. The van der Waals surface area contributed by atoms with Crippen LogP contribution in [0.5, 0.6) is 0 Å². The largest absolute Gasteiger partial charge is 0.480 e. The number of carboxylic acids is 1. The molecule has 0 radical (unpaired) electrons. The van der Waals surface area contributed by atoms with Gasteiger partial charge >= 0.3 is 5.97 Å². The zero-order valence-electron chi connectivity index (χ0n) is 8.52. The van der Waals surface area contributed by atoms with E-state index in [9.17, 15) is 9.59 Å². The molecule has 0 aliphatic heterocycles. The van der Waals surface area contributed by atoms with Crippen molar-refractivity contribution < 1.29 is 14.7 Å².